The van der Waals surface area contributed by atoms with E-state index in [4.69, 9.17) is 0 Å². The van der Waals surface area contributed by atoms with Crippen LogP contribution in [0.3, 0.4) is 0 Å². The summed E-state index contributed by atoms with van der Waals surface area (Å²) in [6.45, 7) is 3.91. The van der Waals surface area contributed by atoms with Crippen LogP contribution in [0.15, 0.2) is 33.7 Å². The van der Waals surface area contributed by atoms with Crippen molar-refractivity contribution in [2.24, 2.45) is 4.99 Å². The molecule has 0 aliphatic carbocycles. The molecule has 0 saturated carbocycles. The van der Waals surface area contributed by atoms with Gasteiger partial charge < -0.3 is 20.4 Å². The molecule has 0 fully saturated rings. The minimum Gasteiger partial charge on any atom is -0.504 e. The Balaban J connectivity index is 2.47. The van der Waals surface area contributed by atoms with Gasteiger partial charge in [0.15, 0.2) is 23.0 Å². The molecule has 0 aromatic heterocycles. The van der Waals surface area contributed by atoms with Gasteiger partial charge in [0.05, 0.1) is 0 Å². The van der Waals surface area contributed by atoms with Crippen molar-refractivity contribution in [1.29, 1.82) is 0 Å². The van der Waals surface area contributed by atoms with Gasteiger partial charge in [-0.25, -0.2) is 0 Å². The van der Waals surface area contributed by atoms with E-state index in [1.165, 1.54) is 18.3 Å². The van der Waals surface area contributed by atoms with Gasteiger partial charge >= 0.3 is 0 Å². The van der Waals surface area contributed by atoms with Gasteiger partial charge in [-0.05, 0) is 35.7 Å². The molecule has 2 aromatic rings. The molecular weight excluding hydrogens is 350 g/mol. The lowest BCUT2D eigenvalue weighted by molar-refractivity contribution is 0.402. The minimum atomic E-state index is -0.334. The van der Waals surface area contributed by atoms with Crippen LogP contribution in [0.4, 0.5) is 5.69 Å². The molecule has 4 N–H and O–H groups in total. The molecule has 22 heavy (non-hydrogen) atoms. The van der Waals surface area contributed by atoms with Crippen molar-refractivity contribution in [1.82, 2.24) is 0 Å². The average Bonchev–Trinajstić information content (AvgIpc) is 2.44. The van der Waals surface area contributed by atoms with Crippen LogP contribution in [0.25, 0.3) is 0 Å². The van der Waals surface area contributed by atoms with E-state index in [2.05, 4.69) is 20.9 Å². The summed E-state index contributed by atoms with van der Waals surface area (Å²) in [4.78, 5) is 4.10. The molecule has 2 rings (SSSR count). The Hall–Kier alpha value is -2.21. The molecule has 0 radical (unpaired) electrons. The van der Waals surface area contributed by atoms with Gasteiger partial charge in [0.2, 0.25) is 0 Å². The summed E-state index contributed by atoms with van der Waals surface area (Å²) in [6, 6.07) is 6.07. The maximum absolute atomic E-state index is 9.88. The average molecular weight is 366 g/mol. The van der Waals surface area contributed by atoms with E-state index >= 15 is 0 Å². The number of nitrogens with zero attached hydrogens (tertiary/aromatic N) is 1. The van der Waals surface area contributed by atoms with E-state index in [-0.39, 0.29) is 40.2 Å². The van der Waals surface area contributed by atoms with Crippen molar-refractivity contribution in [3.05, 3.63) is 39.9 Å². The lowest BCUT2D eigenvalue weighted by Gasteiger charge is -2.09. The summed E-state index contributed by atoms with van der Waals surface area (Å²) in [5.41, 5.74) is 1.28. The molecule has 0 saturated heterocycles. The van der Waals surface area contributed by atoms with E-state index in [0.29, 0.717) is 4.47 Å². The molecule has 2 aromatic carbocycles. The highest BCUT2D eigenvalue weighted by atomic mass is 79.9. The first-order valence-electron chi connectivity index (χ1n) is 6.61. The van der Waals surface area contributed by atoms with Gasteiger partial charge in [-0.1, -0.05) is 29.8 Å². The maximum Gasteiger partial charge on any atom is 0.183 e. The molecular formula is C16H16BrNO4. The standard InChI is InChI=1S/C16H16BrNO4/c1-8(2)9-4-12(16(22)13(19)5-9)18-7-10-3-11(17)6-14(20)15(10)21/h3-8,19-22H,1-2H3. The molecule has 5 nitrogen and oxygen atoms in total. The highest BCUT2D eigenvalue weighted by molar-refractivity contribution is 9.10. The SMILES string of the molecule is CC(C)c1cc(O)c(O)c(N=Cc2cc(Br)cc(O)c2O)c1. The fourth-order valence-corrected chi connectivity index (χ4v) is 2.36. The second-order valence-electron chi connectivity index (χ2n) is 5.18. The van der Waals surface area contributed by atoms with Crippen LogP contribution in [0, 0.1) is 0 Å². The Morgan fingerprint density at radius 1 is 0.955 bits per heavy atom. The molecule has 0 aliphatic rings. The van der Waals surface area contributed by atoms with E-state index in [1.807, 2.05) is 13.8 Å². The van der Waals surface area contributed by atoms with Crippen molar-refractivity contribution in [2.45, 2.75) is 19.8 Å². The van der Waals surface area contributed by atoms with Crippen LogP contribution in [-0.4, -0.2) is 26.6 Å². The van der Waals surface area contributed by atoms with Gasteiger partial charge in [-0.3, -0.25) is 4.99 Å². The molecule has 0 heterocycles. The molecule has 0 atom stereocenters. The lowest BCUT2D eigenvalue weighted by atomic mass is 10.0. The van der Waals surface area contributed by atoms with Gasteiger partial charge in [0, 0.05) is 16.3 Å². The number of aliphatic imine (C=N–C) groups is 1. The fourth-order valence-electron chi connectivity index (χ4n) is 1.90. The predicted molar refractivity (Wildman–Crippen MR) is 88.6 cm³/mol. The number of hydrogen-bond donors (Lipinski definition) is 4. The molecule has 0 unspecified atom stereocenters. The molecule has 0 spiro atoms. The highest BCUT2D eigenvalue weighted by Crippen LogP contribution is 2.39. The number of hydrogen-bond acceptors (Lipinski definition) is 5. The summed E-state index contributed by atoms with van der Waals surface area (Å²) >= 11 is 3.21. The van der Waals surface area contributed by atoms with Crippen LogP contribution < -0.4 is 0 Å². The summed E-state index contributed by atoms with van der Waals surface area (Å²) in [5.74, 6) is -1.02. The van der Waals surface area contributed by atoms with Gasteiger partial charge in [0.25, 0.3) is 0 Å². The van der Waals surface area contributed by atoms with Crippen LogP contribution in [-0.2, 0) is 0 Å². The monoisotopic (exact) mass is 365 g/mol. The predicted octanol–water partition coefficient (Wildman–Crippen LogP) is 4.15. The summed E-state index contributed by atoms with van der Waals surface area (Å²) in [7, 11) is 0. The number of phenols is 4. The van der Waals surface area contributed by atoms with E-state index in [1.54, 1.807) is 12.1 Å². The van der Waals surface area contributed by atoms with Crippen molar-refractivity contribution in [2.75, 3.05) is 0 Å². The smallest absolute Gasteiger partial charge is 0.183 e. The zero-order valence-electron chi connectivity index (χ0n) is 12.1. The molecule has 0 amide bonds. The quantitative estimate of drug-likeness (QED) is 0.485. The second kappa shape index (κ2) is 6.27. The molecule has 0 aliphatic heterocycles. The van der Waals surface area contributed by atoms with Crippen LogP contribution in [0.2, 0.25) is 0 Å². The summed E-state index contributed by atoms with van der Waals surface area (Å²) in [5, 5.41) is 39.0. The van der Waals surface area contributed by atoms with E-state index < -0.39 is 0 Å². The van der Waals surface area contributed by atoms with Crippen LogP contribution in [0.5, 0.6) is 23.0 Å². The van der Waals surface area contributed by atoms with Gasteiger partial charge in [-0.15, -0.1) is 0 Å². The number of aromatic hydroxyl groups is 4. The van der Waals surface area contributed by atoms with Crippen molar-refractivity contribution in [3.8, 4) is 23.0 Å². The largest absolute Gasteiger partial charge is 0.504 e. The first-order chi connectivity index (χ1) is 10.3. The topological polar surface area (TPSA) is 93.3 Å². The lowest BCUT2D eigenvalue weighted by Crippen LogP contribution is -1.88. The van der Waals surface area contributed by atoms with E-state index in [9.17, 15) is 20.4 Å². The highest BCUT2D eigenvalue weighted by Gasteiger charge is 2.11. The Labute approximate surface area is 136 Å². The molecule has 116 valence electrons. The summed E-state index contributed by atoms with van der Waals surface area (Å²) < 4.78 is 0.576. The number of phenolic OH excluding ortho intramolecular Hbond substituents is 4. The Kier molecular flexibility index (Phi) is 4.61. The third-order valence-corrected chi connectivity index (χ3v) is 3.64. The molecule has 0 bridgehead atoms. The second-order valence-corrected chi connectivity index (χ2v) is 6.10. The number of halogens is 1. The minimum absolute atomic E-state index is 0.156. The zero-order chi connectivity index (χ0) is 16.4. The normalized spacial score (nSPS) is 11.5. The first-order valence-corrected chi connectivity index (χ1v) is 7.40. The van der Waals surface area contributed by atoms with Crippen molar-refractivity contribution < 1.29 is 20.4 Å². The number of benzene rings is 2. The Bertz CT molecular complexity index is 741. The Morgan fingerprint density at radius 3 is 2.23 bits per heavy atom. The summed E-state index contributed by atoms with van der Waals surface area (Å²) in [6.07, 6.45) is 1.30. The number of rotatable bonds is 3. The maximum atomic E-state index is 9.88. The van der Waals surface area contributed by atoms with Crippen molar-refractivity contribution in [3.63, 3.8) is 0 Å². The van der Waals surface area contributed by atoms with Gasteiger partial charge in [0.1, 0.15) is 5.69 Å². The van der Waals surface area contributed by atoms with Crippen molar-refractivity contribution >= 4 is 27.8 Å². The van der Waals surface area contributed by atoms with Crippen LogP contribution >= 0.6 is 15.9 Å². The Morgan fingerprint density at radius 2 is 1.59 bits per heavy atom. The molecule has 6 heteroatoms. The van der Waals surface area contributed by atoms with E-state index in [0.717, 1.165) is 5.56 Å². The fraction of sp³-hybridized carbons (Fsp3) is 0.188. The van der Waals surface area contributed by atoms with Gasteiger partial charge in [-0.2, -0.15) is 0 Å². The third kappa shape index (κ3) is 3.33. The zero-order valence-corrected chi connectivity index (χ0v) is 13.7. The van der Waals surface area contributed by atoms with Crippen LogP contribution in [0.1, 0.15) is 30.9 Å². The first kappa shape index (κ1) is 16.2. The third-order valence-electron chi connectivity index (χ3n) is 3.19.